The molecule has 0 aromatic rings. The summed E-state index contributed by atoms with van der Waals surface area (Å²) in [7, 11) is 0. The van der Waals surface area contributed by atoms with E-state index in [1.54, 1.807) is 0 Å². The van der Waals surface area contributed by atoms with Gasteiger partial charge < -0.3 is 4.74 Å². The number of rotatable bonds is 6. The maximum Gasteiger partial charge on any atom is 0.106 e. The molecule has 0 aliphatic heterocycles. The summed E-state index contributed by atoms with van der Waals surface area (Å²) >= 11 is 0. The molecule has 0 heterocycles. The van der Waals surface area contributed by atoms with Crippen molar-refractivity contribution in [2.24, 2.45) is 0 Å². The first-order valence-corrected chi connectivity index (χ1v) is 6.52. The molecule has 16 heavy (non-hydrogen) atoms. The van der Waals surface area contributed by atoms with E-state index in [-0.39, 0.29) is 5.54 Å². The zero-order valence-electron chi connectivity index (χ0n) is 10.2. The Hall–Kier alpha value is -0.590. The quantitative estimate of drug-likeness (QED) is 0.750. The number of hydrogen-bond acceptors (Lipinski definition) is 3. The molecular weight excluding hydrogens is 200 g/mol. The van der Waals surface area contributed by atoms with E-state index in [0.717, 1.165) is 6.42 Å². The lowest BCUT2D eigenvalue weighted by Gasteiger charge is -2.24. The van der Waals surface area contributed by atoms with Crippen molar-refractivity contribution in [2.45, 2.75) is 69.6 Å². The predicted octanol–water partition coefficient (Wildman–Crippen LogP) is 2.37. The van der Waals surface area contributed by atoms with Crippen LogP contribution in [-0.4, -0.2) is 24.3 Å². The molecule has 0 radical (unpaired) electrons. The third kappa shape index (κ3) is 3.47. The average molecular weight is 222 g/mol. The fraction of sp³-hybridized carbons (Fsp3) is 0.923. The normalized spacial score (nSPS) is 25.2. The molecule has 2 fully saturated rings. The molecule has 3 heteroatoms. The molecule has 2 rings (SSSR count). The van der Waals surface area contributed by atoms with E-state index < -0.39 is 0 Å². The summed E-state index contributed by atoms with van der Waals surface area (Å²) in [5.74, 6) is 0. The fourth-order valence-corrected chi connectivity index (χ4v) is 2.32. The van der Waals surface area contributed by atoms with Gasteiger partial charge in [0.1, 0.15) is 5.54 Å². The third-order valence-corrected chi connectivity index (χ3v) is 3.60. The molecule has 0 amide bonds. The second-order valence-electron chi connectivity index (χ2n) is 5.39. The highest BCUT2D eigenvalue weighted by Crippen LogP contribution is 2.25. The van der Waals surface area contributed by atoms with Crippen molar-refractivity contribution in [3.63, 3.8) is 0 Å². The maximum atomic E-state index is 9.19. The van der Waals surface area contributed by atoms with Crippen LogP contribution in [0.25, 0.3) is 0 Å². The second-order valence-corrected chi connectivity index (χ2v) is 5.39. The van der Waals surface area contributed by atoms with Gasteiger partial charge in [0.15, 0.2) is 0 Å². The second kappa shape index (κ2) is 5.16. The molecular formula is C13H22N2O. The topological polar surface area (TPSA) is 45.0 Å². The van der Waals surface area contributed by atoms with E-state index in [2.05, 4.69) is 11.4 Å². The van der Waals surface area contributed by atoms with Crippen molar-refractivity contribution in [1.82, 2.24) is 5.32 Å². The van der Waals surface area contributed by atoms with Gasteiger partial charge in [-0.15, -0.1) is 0 Å². The standard InChI is InChI=1S/C13H22N2O/c1-13(10-14,15-11-6-7-11)8-9-16-12-4-2-3-5-12/h11-12,15H,2-9H2,1H3. The maximum absolute atomic E-state index is 9.19. The van der Waals surface area contributed by atoms with Crippen molar-refractivity contribution in [3.8, 4) is 6.07 Å². The van der Waals surface area contributed by atoms with Crippen LogP contribution in [0.5, 0.6) is 0 Å². The Bertz CT molecular complexity index is 264. The summed E-state index contributed by atoms with van der Waals surface area (Å²) < 4.78 is 5.81. The zero-order chi connectivity index (χ0) is 11.4. The Balaban J connectivity index is 1.67. The zero-order valence-corrected chi connectivity index (χ0v) is 10.2. The van der Waals surface area contributed by atoms with E-state index in [9.17, 15) is 5.26 Å². The molecule has 1 atom stereocenters. The van der Waals surface area contributed by atoms with Gasteiger partial charge in [0.25, 0.3) is 0 Å². The summed E-state index contributed by atoms with van der Waals surface area (Å²) in [6, 6.07) is 2.96. The molecule has 1 N–H and O–H groups in total. The fourth-order valence-electron chi connectivity index (χ4n) is 2.32. The average Bonchev–Trinajstić information content (AvgIpc) is 2.92. The molecule has 0 aromatic heterocycles. The van der Waals surface area contributed by atoms with Gasteiger partial charge in [0.2, 0.25) is 0 Å². The Morgan fingerprint density at radius 2 is 2.00 bits per heavy atom. The monoisotopic (exact) mass is 222 g/mol. The molecule has 0 aromatic carbocycles. The van der Waals surface area contributed by atoms with Crippen LogP contribution >= 0.6 is 0 Å². The van der Waals surface area contributed by atoms with Crippen LogP contribution < -0.4 is 5.32 Å². The molecule has 0 saturated heterocycles. The lowest BCUT2D eigenvalue weighted by atomic mass is 10.0. The summed E-state index contributed by atoms with van der Waals surface area (Å²) in [6.07, 6.45) is 8.74. The Morgan fingerprint density at radius 1 is 1.31 bits per heavy atom. The van der Waals surface area contributed by atoms with Gasteiger partial charge in [-0.25, -0.2) is 0 Å². The minimum Gasteiger partial charge on any atom is -0.378 e. The van der Waals surface area contributed by atoms with Gasteiger partial charge in [-0.2, -0.15) is 5.26 Å². The van der Waals surface area contributed by atoms with E-state index in [0.29, 0.717) is 18.8 Å². The van der Waals surface area contributed by atoms with Crippen LogP contribution in [0.15, 0.2) is 0 Å². The van der Waals surface area contributed by atoms with E-state index in [1.807, 2.05) is 6.92 Å². The summed E-state index contributed by atoms with van der Waals surface area (Å²) in [5, 5.41) is 12.6. The van der Waals surface area contributed by atoms with Crippen LogP contribution in [0.1, 0.15) is 51.9 Å². The molecule has 90 valence electrons. The van der Waals surface area contributed by atoms with E-state index in [1.165, 1.54) is 38.5 Å². The van der Waals surface area contributed by atoms with Gasteiger partial charge in [-0.05, 0) is 32.6 Å². The molecule has 2 aliphatic carbocycles. The van der Waals surface area contributed by atoms with Crippen molar-refractivity contribution in [2.75, 3.05) is 6.61 Å². The third-order valence-electron chi connectivity index (χ3n) is 3.60. The first-order chi connectivity index (χ1) is 7.72. The molecule has 3 nitrogen and oxygen atoms in total. The van der Waals surface area contributed by atoms with Crippen LogP contribution in [0, 0.1) is 11.3 Å². The molecule has 0 spiro atoms. The van der Waals surface area contributed by atoms with Gasteiger partial charge in [-0.3, -0.25) is 5.32 Å². The van der Waals surface area contributed by atoms with Crippen molar-refractivity contribution in [1.29, 1.82) is 5.26 Å². The molecule has 1 unspecified atom stereocenters. The first-order valence-electron chi connectivity index (χ1n) is 6.52. The highest BCUT2D eigenvalue weighted by Gasteiger charge is 2.32. The van der Waals surface area contributed by atoms with Crippen LogP contribution in [0.3, 0.4) is 0 Å². The summed E-state index contributed by atoms with van der Waals surface area (Å²) in [6.45, 7) is 2.71. The largest absolute Gasteiger partial charge is 0.378 e. The van der Waals surface area contributed by atoms with Crippen molar-refractivity contribution < 1.29 is 4.74 Å². The molecule has 2 aliphatic rings. The number of hydrogen-bond donors (Lipinski definition) is 1. The van der Waals surface area contributed by atoms with E-state index in [4.69, 9.17) is 4.74 Å². The summed E-state index contributed by atoms with van der Waals surface area (Å²) in [5.41, 5.74) is -0.389. The number of nitrogens with zero attached hydrogens (tertiary/aromatic N) is 1. The van der Waals surface area contributed by atoms with E-state index >= 15 is 0 Å². The SMILES string of the molecule is CC(C#N)(CCOC1CCCC1)NC1CC1. The predicted molar refractivity (Wildman–Crippen MR) is 63.0 cm³/mol. The Morgan fingerprint density at radius 3 is 2.56 bits per heavy atom. The summed E-state index contributed by atoms with van der Waals surface area (Å²) in [4.78, 5) is 0. The minimum atomic E-state index is -0.389. The minimum absolute atomic E-state index is 0.389. The Labute approximate surface area is 98.2 Å². The van der Waals surface area contributed by atoms with Gasteiger partial charge in [0, 0.05) is 19.1 Å². The van der Waals surface area contributed by atoms with Gasteiger partial charge in [0.05, 0.1) is 12.2 Å². The highest BCUT2D eigenvalue weighted by atomic mass is 16.5. The van der Waals surface area contributed by atoms with Crippen LogP contribution in [-0.2, 0) is 4.74 Å². The van der Waals surface area contributed by atoms with Gasteiger partial charge >= 0.3 is 0 Å². The van der Waals surface area contributed by atoms with Crippen molar-refractivity contribution in [3.05, 3.63) is 0 Å². The molecule has 2 saturated carbocycles. The number of nitriles is 1. The highest BCUT2D eigenvalue weighted by molar-refractivity contribution is 5.07. The number of nitrogens with one attached hydrogen (secondary N) is 1. The smallest absolute Gasteiger partial charge is 0.106 e. The number of ether oxygens (including phenoxy) is 1. The molecule has 0 bridgehead atoms. The lowest BCUT2D eigenvalue weighted by Crippen LogP contribution is -2.43. The first kappa shape index (κ1) is 11.9. The van der Waals surface area contributed by atoms with Crippen molar-refractivity contribution >= 4 is 0 Å². The van der Waals surface area contributed by atoms with Gasteiger partial charge in [-0.1, -0.05) is 12.8 Å². The Kier molecular flexibility index (Phi) is 3.83. The lowest BCUT2D eigenvalue weighted by molar-refractivity contribution is 0.0485. The van der Waals surface area contributed by atoms with Crippen LogP contribution in [0.2, 0.25) is 0 Å². The van der Waals surface area contributed by atoms with Crippen LogP contribution in [0.4, 0.5) is 0 Å².